The molecule has 0 atom stereocenters. The van der Waals surface area contributed by atoms with E-state index in [0.29, 0.717) is 0 Å². The van der Waals surface area contributed by atoms with E-state index in [1.807, 2.05) is 0 Å². The molecule has 1 aliphatic rings. The fourth-order valence-electron chi connectivity index (χ4n) is 1.32. The maximum Gasteiger partial charge on any atom is 0.0558 e. The van der Waals surface area contributed by atoms with Gasteiger partial charge in [-0.05, 0) is 13.3 Å². The number of hydrogen-bond acceptors (Lipinski definition) is 2. The van der Waals surface area contributed by atoms with E-state index in [4.69, 9.17) is 5.11 Å². The third kappa shape index (κ3) is 2.12. The number of aliphatic hydroxyl groups excluding tert-OH is 1. The van der Waals surface area contributed by atoms with Gasteiger partial charge in [-0.3, -0.25) is 4.90 Å². The second kappa shape index (κ2) is 3.74. The van der Waals surface area contributed by atoms with Gasteiger partial charge in [0.05, 0.1) is 6.61 Å². The third-order valence-corrected chi connectivity index (χ3v) is 1.83. The average Bonchev–Trinajstić information content (AvgIpc) is 1.88. The fourth-order valence-corrected chi connectivity index (χ4v) is 1.32. The molecule has 0 amide bonds. The SMILES string of the molecule is CC1=CCCN(CCO)C1. The van der Waals surface area contributed by atoms with Crippen molar-refractivity contribution in [3.63, 3.8) is 0 Å². The maximum absolute atomic E-state index is 8.64. The molecule has 0 saturated carbocycles. The standard InChI is InChI=1S/C8H15NO/c1-8-3-2-4-9(7-8)5-6-10/h3,10H,2,4-7H2,1H3. The Hall–Kier alpha value is -0.340. The summed E-state index contributed by atoms with van der Waals surface area (Å²) in [7, 11) is 0. The summed E-state index contributed by atoms with van der Waals surface area (Å²) in [4.78, 5) is 2.27. The van der Waals surface area contributed by atoms with Gasteiger partial charge in [0, 0.05) is 19.6 Å². The molecule has 0 fully saturated rings. The zero-order valence-corrected chi connectivity index (χ0v) is 6.51. The second-order valence-corrected chi connectivity index (χ2v) is 2.84. The summed E-state index contributed by atoms with van der Waals surface area (Å²) in [5.74, 6) is 0. The van der Waals surface area contributed by atoms with Crippen molar-refractivity contribution in [1.29, 1.82) is 0 Å². The molecular weight excluding hydrogens is 126 g/mol. The van der Waals surface area contributed by atoms with Gasteiger partial charge in [0.15, 0.2) is 0 Å². The van der Waals surface area contributed by atoms with Crippen LogP contribution in [0.1, 0.15) is 13.3 Å². The molecule has 0 aromatic carbocycles. The molecule has 0 aromatic heterocycles. The van der Waals surface area contributed by atoms with E-state index in [2.05, 4.69) is 17.9 Å². The molecule has 2 nitrogen and oxygen atoms in total. The minimum atomic E-state index is 0.285. The molecule has 2 heteroatoms. The van der Waals surface area contributed by atoms with E-state index in [0.717, 1.165) is 26.1 Å². The summed E-state index contributed by atoms with van der Waals surface area (Å²) in [6.07, 6.45) is 3.42. The van der Waals surface area contributed by atoms with Crippen molar-refractivity contribution >= 4 is 0 Å². The molecule has 1 aliphatic heterocycles. The minimum absolute atomic E-state index is 0.285. The monoisotopic (exact) mass is 141 g/mol. The lowest BCUT2D eigenvalue weighted by Crippen LogP contribution is -2.31. The number of β-amino-alcohol motifs (C(OH)–C–C–N with tert-alkyl or cyclic N) is 1. The Morgan fingerprint density at radius 3 is 3.10 bits per heavy atom. The molecule has 0 saturated heterocycles. The Morgan fingerprint density at radius 2 is 2.50 bits per heavy atom. The molecule has 0 radical (unpaired) electrons. The molecule has 58 valence electrons. The molecular formula is C8H15NO. The molecule has 0 unspecified atom stereocenters. The van der Waals surface area contributed by atoms with Gasteiger partial charge in [0.2, 0.25) is 0 Å². The largest absolute Gasteiger partial charge is 0.395 e. The van der Waals surface area contributed by atoms with Crippen molar-refractivity contribution in [2.24, 2.45) is 0 Å². The number of aliphatic hydroxyl groups is 1. The van der Waals surface area contributed by atoms with Crippen LogP contribution in [0.15, 0.2) is 11.6 Å². The van der Waals surface area contributed by atoms with Crippen LogP contribution in [0.3, 0.4) is 0 Å². The van der Waals surface area contributed by atoms with Gasteiger partial charge >= 0.3 is 0 Å². The van der Waals surface area contributed by atoms with Gasteiger partial charge in [0.1, 0.15) is 0 Å². The highest BCUT2D eigenvalue weighted by Gasteiger charge is 2.07. The Balaban J connectivity index is 2.30. The van der Waals surface area contributed by atoms with E-state index in [1.165, 1.54) is 5.57 Å². The predicted molar refractivity (Wildman–Crippen MR) is 41.9 cm³/mol. The normalized spacial score (nSPS) is 20.8. The van der Waals surface area contributed by atoms with Crippen LogP contribution in [0, 0.1) is 0 Å². The zero-order valence-electron chi connectivity index (χ0n) is 6.51. The number of nitrogens with zero attached hydrogens (tertiary/aromatic N) is 1. The van der Waals surface area contributed by atoms with Gasteiger partial charge < -0.3 is 5.11 Å². The van der Waals surface area contributed by atoms with E-state index < -0.39 is 0 Å². The van der Waals surface area contributed by atoms with E-state index in [9.17, 15) is 0 Å². The average molecular weight is 141 g/mol. The quantitative estimate of drug-likeness (QED) is 0.570. The van der Waals surface area contributed by atoms with E-state index in [1.54, 1.807) is 0 Å². The molecule has 0 aliphatic carbocycles. The van der Waals surface area contributed by atoms with Crippen LogP contribution in [-0.4, -0.2) is 36.2 Å². The predicted octanol–water partition coefficient (Wildman–Crippen LogP) is 0.631. The van der Waals surface area contributed by atoms with Gasteiger partial charge in [0.25, 0.3) is 0 Å². The van der Waals surface area contributed by atoms with Crippen molar-refractivity contribution in [1.82, 2.24) is 4.90 Å². The fraction of sp³-hybridized carbons (Fsp3) is 0.750. The van der Waals surface area contributed by atoms with Gasteiger partial charge in [-0.25, -0.2) is 0 Å². The first kappa shape index (κ1) is 7.76. The van der Waals surface area contributed by atoms with Crippen LogP contribution in [0.25, 0.3) is 0 Å². The van der Waals surface area contributed by atoms with Crippen LogP contribution in [0.4, 0.5) is 0 Å². The van der Waals surface area contributed by atoms with Crippen LogP contribution < -0.4 is 0 Å². The number of rotatable bonds is 2. The summed E-state index contributed by atoms with van der Waals surface area (Å²) in [6, 6.07) is 0. The molecule has 0 spiro atoms. The van der Waals surface area contributed by atoms with Gasteiger partial charge in [-0.1, -0.05) is 11.6 Å². The molecule has 10 heavy (non-hydrogen) atoms. The Labute approximate surface area is 62.2 Å². The highest BCUT2D eigenvalue weighted by atomic mass is 16.3. The summed E-state index contributed by atoms with van der Waals surface area (Å²) in [6.45, 7) is 5.40. The van der Waals surface area contributed by atoms with Crippen LogP contribution in [-0.2, 0) is 0 Å². The van der Waals surface area contributed by atoms with Gasteiger partial charge in [-0.2, -0.15) is 0 Å². The van der Waals surface area contributed by atoms with Crippen molar-refractivity contribution in [2.45, 2.75) is 13.3 Å². The van der Waals surface area contributed by atoms with Crippen LogP contribution in [0.5, 0.6) is 0 Å². The smallest absolute Gasteiger partial charge is 0.0558 e. The molecule has 1 heterocycles. The van der Waals surface area contributed by atoms with E-state index in [-0.39, 0.29) is 6.61 Å². The molecule has 1 N–H and O–H groups in total. The third-order valence-electron chi connectivity index (χ3n) is 1.83. The summed E-state index contributed by atoms with van der Waals surface area (Å²) in [5, 5.41) is 8.64. The lowest BCUT2D eigenvalue weighted by Gasteiger charge is -2.24. The Morgan fingerprint density at radius 1 is 1.70 bits per heavy atom. The van der Waals surface area contributed by atoms with Crippen molar-refractivity contribution < 1.29 is 5.11 Å². The molecule has 0 bridgehead atoms. The van der Waals surface area contributed by atoms with Gasteiger partial charge in [-0.15, -0.1) is 0 Å². The second-order valence-electron chi connectivity index (χ2n) is 2.84. The van der Waals surface area contributed by atoms with Crippen molar-refractivity contribution in [3.05, 3.63) is 11.6 Å². The highest BCUT2D eigenvalue weighted by molar-refractivity contribution is 5.04. The summed E-state index contributed by atoms with van der Waals surface area (Å²) >= 11 is 0. The van der Waals surface area contributed by atoms with Crippen molar-refractivity contribution in [2.75, 3.05) is 26.2 Å². The van der Waals surface area contributed by atoms with Crippen molar-refractivity contribution in [3.8, 4) is 0 Å². The summed E-state index contributed by atoms with van der Waals surface area (Å²) in [5.41, 5.74) is 1.43. The Kier molecular flexibility index (Phi) is 2.90. The van der Waals surface area contributed by atoms with Crippen LogP contribution in [0.2, 0.25) is 0 Å². The first-order chi connectivity index (χ1) is 4.83. The molecule has 1 rings (SSSR count). The molecule has 0 aromatic rings. The minimum Gasteiger partial charge on any atom is -0.395 e. The maximum atomic E-state index is 8.64. The number of hydrogen-bond donors (Lipinski definition) is 1. The van der Waals surface area contributed by atoms with E-state index >= 15 is 0 Å². The summed E-state index contributed by atoms with van der Waals surface area (Å²) < 4.78 is 0. The zero-order chi connectivity index (χ0) is 7.40. The highest BCUT2D eigenvalue weighted by Crippen LogP contribution is 2.07. The lowest BCUT2D eigenvalue weighted by atomic mass is 10.1. The first-order valence-corrected chi connectivity index (χ1v) is 3.82. The lowest BCUT2D eigenvalue weighted by molar-refractivity contribution is 0.203. The topological polar surface area (TPSA) is 23.5 Å². The first-order valence-electron chi connectivity index (χ1n) is 3.82. The van der Waals surface area contributed by atoms with Crippen LogP contribution >= 0.6 is 0 Å². The Bertz CT molecular complexity index is 131.